The summed E-state index contributed by atoms with van der Waals surface area (Å²) in [5, 5.41) is 12.8. The minimum absolute atomic E-state index is 0.0723. The van der Waals surface area contributed by atoms with Crippen LogP contribution >= 0.6 is 23.2 Å². The van der Waals surface area contributed by atoms with E-state index in [0.29, 0.717) is 16.9 Å². The Kier molecular flexibility index (Phi) is 7.89. The summed E-state index contributed by atoms with van der Waals surface area (Å²) < 4.78 is 28.7. The second-order valence-corrected chi connectivity index (χ2v) is 11.6. The standard InChI is InChI=1S/C26H25Cl2N3O5S/c1-15-5-3-6-19(9-15)37(35,36)31-14-18(30-26(34)16(2)32)12-22-23(31)10-17(13-29-22)11-24(33)25-20(27)7-4-8-21(25)28/h3-10,13,16,18,32H,11-12,14H2,1-2H3,(H,30,34)/t16-,18-/m0/s1. The zero-order chi connectivity index (χ0) is 26.9. The van der Waals surface area contributed by atoms with Gasteiger partial charge in [0.2, 0.25) is 5.91 Å². The van der Waals surface area contributed by atoms with Gasteiger partial charge < -0.3 is 10.4 Å². The quantitative estimate of drug-likeness (QED) is 0.424. The first-order valence-corrected chi connectivity index (χ1v) is 13.7. The molecular weight excluding hydrogens is 537 g/mol. The first-order chi connectivity index (χ1) is 17.5. The van der Waals surface area contributed by atoms with Crippen LogP contribution in [-0.2, 0) is 27.7 Å². The molecule has 2 aromatic carbocycles. The van der Waals surface area contributed by atoms with E-state index in [9.17, 15) is 23.1 Å². The van der Waals surface area contributed by atoms with Crippen LogP contribution in [-0.4, -0.2) is 48.9 Å². The number of aromatic nitrogens is 1. The summed E-state index contributed by atoms with van der Waals surface area (Å²) in [6.45, 7) is 3.05. The molecule has 0 bridgehead atoms. The molecule has 2 N–H and O–H groups in total. The highest BCUT2D eigenvalue weighted by Crippen LogP contribution is 2.33. The van der Waals surface area contributed by atoms with Gasteiger partial charge in [-0.3, -0.25) is 18.9 Å². The number of hydrogen-bond acceptors (Lipinski definition) is 6. The number of Topliss-reactive ketones (excluding diaryl/α,β-unsaturated/α-hetero) is 1. The van der Waals surface area contributed by atoms with Crippen LogP contribution in [0.3, 0.4) is 0 Å². The number of aliphatic hydroxyl groups is 1. The number of aliphatic hydroxyl groups excluding tert-OH is 1. The maximum absolute atomic E-state index is 13.7. The zero-order valence-electron chi connectivity index (χ0n) is 20.1. The Hall–Kier alpha value is -2.98. The average Bonchev–Trinajstić information content (AvgIpc) is 2.83. The molecule has 0 saturated carbocycles. The molecule has 0 radical (unpaired) electrons. The maximum atomic E-state index is 13.7. The number of benzene rings is 2. The fourth-order valence-corrected chi connectivity index (χ4v) is 6.42. The molecule has 0 unspecified atom stereocenters. The molecule has 1 aliphatic rings. The lowest BCUT2D eigenvalue weighted by molar-refractivity contribution is -0.129. The summed E-state index contributed by atoms with van der Waals surface area (Å²) >= 11 is 12.4. The van der Waals surface area contributed by atoms with Gasteiger partial charge in [0, 0.05) is 19.0 Å². The van der Waals surface area contributed by atoms with Crippen molar-refractivity contribution in [2.45, 2.75) is 43.7 Å². The van der Waals surface area contributed by atoms with Crippen molar-refractivity contribution in [2.24, 2.45) is 0 Å². The van der Waals surface area contributed by atoms with Crippen molar-refractivity contribution in [1.29, 1.82) is 0 Å². The van der Waals surface area contributed by atoms with Crippen LogP contribution in [0, 0.1) is 6.92 Å². The van der Waals surface area contributed by atoms with Gasteiger partial charge in [0.25, 0.3) is 10.0 Å². The molecule has 194 valence electrons. The number of pyridine rings is 1. The van der Waals surface area contributed by atoms with Gasteiger partial charge in [0.05, 0.1) is 44.5 Å². The third-order valence-corrected chi connectivity index (χ3v) is 8.41. The summed E-state index contributed by atoms with van der Waals surface area (Å²) in [6.07, 6.45) is 0.404. The van der Waals surface area contributed by atoms with E-state index < -0.39 is 28.1 Å². The fraction of sp³-hybridized carbons (Fsp3) is 0.269. The first-order valence-electron chi connectivity index (χ1n) is 11.5. The number of sulfonamides is 1. The lowest BCUT2D eigenvalue weighted by atomic mass is 10.00. The second-order valence-electron chi connectivity index (χ2n) is 8.94. The van der Waals surface area contributed by atoms with E-state index in [4.69, 9.17) is 23.2 Å². The van der Waals surface area contributed by atoms with Gasteiger partial charge in [0.1, 0.15) is 6.10 Å². The second kappa shape index (κ2) is 10.8. The van der Waals surface area contributed by atoms with Gasteiger partial charge >= 0.3 is 0 Å². The predicted molar refractivity (Wildman–Crippen MR) is 142 cm³/mol. The Bertz CT molecular complexity index is 1460. The number of fused-ring (bicyclic) bond motifs is 1. The number of ketones is 1. The van der Waals surface area contributed by atoms with E-state index in [1.807, 2.05) is 0 Å². The number of amides is 1. The molecule has 4 rings (SSSR count). The van der Waals surface area contributed by atoms with Crippen molar-refractivity contribution < 1.29 is 23.1 Å². The number of hydrogen-bond donors (Lipinski definition) is 2. The number of rotatable bonds is 7. The van der Waals surface area contributed by atoms with E-state index in [1.165, 1.54) is 23.5 Å². The van der Waals surface area contributed by atoms with Crippen LogP contribution in [0.5, 0.6) is 0 Å². The summed E-state index contributed by atoms with van der Waals surface area (Å²) in [6, 6.07) is 12.3. The van der Waals surface area contributed by atoms with E-state index in [2.05, 4.69) is 10.3 Å². The molecule has 1 amide bonds. The van der Waals surface area contributed by atoms with E-state index >= 15 is 0 Å². The van der Waals surface area contributed by atoms with Crippen molar-refractivity contribution in [3.63, 3.8) is 0 Å². The molecule has 0 saturated heterocycles. The van der Waals surface area contributed by atoms with Crippen LogP contribution in [0.15, 0.2) is 59.6 Å². The molecule has 0 aliphatic carbocycles. The minimum atomic E-state index is -4.05. The normalized spacial score (nSPS) is 16.1. The monoisotopic (exact) mass is 561 g/mol. The highest BCUT2D eigenvalue weighted by molar-refractivity contribution is 7.92. The topological polar surface area (TPSA) is 117 Å². The van der Waals surface area contributed by atoms with Crippen molar-refractivity contribution >= 4 is 50.6 Å². The van der Waals surface area contributed by atoms with Crippen molar-refractivity contribution in [2.75, 3.05) is 10.8 Å². The van der Waals surface area contributed by atoms with Gasteiger partial charge in [-0.2, -0.15) is 0 Å². The van der Waals surface area contributed by atoms with Gasteiger partial charge in [-0.15, -0.1) is 0 Å². The summed E-state index contributed by atoms with van der Waals surface area (Å²) in [5.41, 5.74) is 2.20. The molecule has 0 spiro atoms. The van der Waals surface area contributed by atoms with E-state index in [0.717, 1.165) is 5.56 Å². The number of halogens is 2. The SMILES string of the molecule is Cc1cccc(S(=O)(=O)N2C[C@@H](NC(=O)[C@H](C)O)Cc3ncc(CC(=O)c4c(Cl)cccc4Cl)cc32)c1. The third-order valence-electron chi connectivity index (χ3n) is 6.01. The Balaban J connectivity index is 1.73. The molecule has 8 nitrogen and oxygen atoms in total. The smallest absolute Gasteiger partial charge is 0.264 e. The number of carbonyl (C=O) groups is 2. The van der Waals surface area contributed by atoms with Gasteiger partial charge in [0.15, 0.2) is 5.78 Å². The van der Waals surface area contributed by atoms with E-state index in [1.54, 1.807) is 49.4 Å². The zero-order valence-corrected chi connectivity index (χ0v) is 22.4. The van der Waals surface area contributed by atoms with Crippen LogP contribution in [0.4, 0.5) is 5.69 Å². The molecular formula is C26H25Cl2N3O5S. The van der Waals surface area contributed by atoms with Crippen molar-refractivity contribution in [3.05, 3.63) is 87.2 Å². The van der Waals surface area contributed by atoms with Crippen molar-refractivity contribution in [1.82, 2.24) is 10.3 Å². The largest absolute Gasteiger partial charge is 0.384 e. The summed E-state index contributed by atoms with van der Waals surface area (Å²) in [4.78, 5) is 29.7. The molecule has 1 aliphatic heterocycles. The lowest BCUT2D eigenvalue weighted by Crippen LogP contribution is -2.52. The molecule has 2 heterocycles. The highest BCUT2D eigenvalue weighted by atomic mass is 35.5. The Morgan fingerprint density at radius 3 is 2.49 bits per heavy atom. The molecule has 0 fully saturated rings. The molecule has 11 heteroatoms. The number of nitrogens with zero attached hydrogens (tertiary/aromatic N) is 2. The maximum Gasteiger partial charge on any atom is 0.264 e. The molecule has 2 atom stereocenters. The number of nitrogens with one attached hydrogen (secondary N) is 1. The Morgan fingerprint density at radius 2 is 1.84 bits per heavy atom. The van der Waals surface area contributed by atoms with Gasteiger partial charge in [-0.25, -0.2) is 8.42 Å². The molecule has 3 aromatic rings. The lowest BCUT2D eigenvalue weighted by Gasteiger charge is -2.35. The Labute approximate surface area is 225 Å². The first kappa shape index (κ1) is 27.1. The summed E-state index contributed by atoms with van der Waals surface area (Å²) in [5.74, 6) is -0.941. The van der Waals surface area contributed by atoms with Gasteiger partial charge in [-0.1, -0.05) is 41.4 Å². The van der Waals surface area contributed by atoms with Crippen LogP contribution in [0.1, 0.15) is 34.1 Å². The third kappa shape index (κ3) is 5.80. The number of aryl methyl sites for hydroxylation is 1. The van der Waals surface area contributed by atoms with Crippen LogP contribution < -0.4 is 9.62 Å². The van der Waals surface area contributed by atoms with E-state index in [-0.39, 0.29) is 45.7 Å². The Morgan fingerprint density at radius 1 is 1.16 bits per heavy atom. The highest BCUT2D eigenvalue weighted by Gasteiger charge is 2.35. The average molecular weight is 562 g/mol. The van der Waals surface area contributed by atoms with Crippen molar-refractivity contribution in [3.8, 4) is 0 Å². The fourth-order valence-electron chi connectivity index (χ4n) is 4.18. The van der Waals surface area contributed by atoms with Crippen LogP contribution in [0.2, 0.25) is 10.0 Å². The molecule has 37 heavy (non-hydrogen) atoms. The van der Waals surface area contributed by atoms with Crippen LogP contribution in [0.25, 0.3) is 0 Å². The predicted octanol–water partition coefficient (Wildman–Crippen LogP) is 3.74. The van der Waals surface area contributed by atoms with Gasteiger partial charge in [-0.05, 0) is 55.3 Å². The summed E-state index contributed by atoms with van der Waals surface area (Å²) in [7, 11) is -4.05. The minimum Gasteiger partial charge on any atom is -0.384 e. The number of anilines is 1. The number of carbonyl (C=O) groups excluding carboxylic acids is 2. The molecule has 1 aromatic heterocycles.